The van der Waals surface area contributed by atoms with Crippen molar-refractivity contribution in [2.75, 3.05) is 0 Å². The second-order valence-corrected chi connectivity index (χ2v) is 3.01. The average molecular weight is 148 g/mol. The molecule has 0 spiro atoms. The van der Waals surface area contributed by atoms with Crippen molar-refractivity contribution < 1.29 is 0 Å². The van der Waals surface area contributed by atoms with Gasteiger partial charge in [0.25, 0.3) is 0 Å². The summed E-state index contributed by atoms with van der Waals surface area (Å²) in [6, 6.07) is -0.123. The van der Waals surface area contributed by atoms with E-state index in [1.807, 2.05) is 20.8 Å². The summed E-state index contributed by atoms with van der Waals surface area (Å²) >= 11 is 0. The lowest BCUT2D eigenvalue weighted by atomic mass is 9.88. The van der Waals surface area contributed by atoms with Crippen LogP contribution < -0.4 is 5.73 Å². The number of hydrogen-bond donors (Lipinski definition) is 1. The predicted octanol–water partition coefficient (Wildman–Crippen LogP) is 1.41. The molecule has 54 valence electrons. The van der Waals surface area contributed by atoms with E-state index in [4.69, 9.17) is 12.2 Å². The summed E-state index contributed by atoms with van der Waals surface area (Å²) in [5, 5.41) is 0. The molecule has 9 heavy (non-hydrogen) atoms. The molecule has 0 aromatic heterocycles. The van der Waals surface area contributed by atoms with Crippen LogP contribution in [0, 0.1) is 17.8 Å². The smallest absolute Gasteiger partial charge is 0.0711 e. The lowest BCUT2D eigenvalue weighted by molar-refractivity contribution is 0.375. The standard InChI is InChI=1S/C7H13N.ClH/c1-5-6(8)7(2,3)4;/h1,6H,8H2,2-4H3;1H/t6-;/m0./s1. The van der Waals surface area contributed by atoms with Gasteiger partial charge in [-0.15, -0.1) is 18.8 Å². The first-order chi connectivity index (χ1) is 3.48. The van der Waals surface area contributed by atoms with Crippen molar-refractivity contribution in [3.8, 4) is 12.3 Å². The minimum absolute atomic E-state index is 0. The summed E-state index contributed by atoms with van der Waals surface area (Å²) in [7, 11) is 0. The summed E-state index contributed by atoms with van der Waals surface area (Å²) in [5.41, 5.74) is 5.56. The van der Waals surface area contributed by atoms with E-state index >= 15 is 0 Å². The first-order valence-electron chi connectivity index (χ1n) is 2.70. The normalized spacial score (nSPS) is 13.2. The lowest BCUT2D eigenvalue weighted by Gasteiger charge is -2.21. The number of terminal acetylenes is 1. The third kappa shape index (κ3) is 4.32. The zero-order chi connectivity index (χ0) is 6.78. The van der Waals surface area contributed by atoms with Crippen molar-refractivity contribution in [1.82, 2.24) is 0 Å². The van der Waals surface area contributed by atoms with Gasteiger partial charge < -0.3 is 5.73 Å². The average Bonchev–Trinajstić information content (AvgIpc) is 1.62. The van der Waals surface area contributed by atoms with Crippen molar-refractivity contribution in [1.29, 1.82) is 0 Å². The van der Waals surface area contributed by atoms with Gasteiger partial charge in [-0.2, -0.15) is 0 Å². The van der Waals surface area contributed by atoms with E-state index < -0.39 is 0 Å². The first kappa shape index (κ1) is 11.6. The van der Waals surface area contributed by atoms with Gasteiger partial charge in [-0.1, -0.05) is 26.7 Å². The molecule has 0 bridgehead atoms. The fourth-order valence-corrected chi connectivity index (χ4v) is 0.250. The maximum absolute atomic E-state index is 5.51. The molecule has 0 rings (SSSR count). The van der Waals surface area contributed by atoms with Gasteiger partial charge in [0.1, 0.15) is 0 Å². The van der Waals surface area contributed by atoms with Gasteiger partial charge in [0.05, 0.1) is 6.04 Å². The quantitative estimate of drug-likeness (QED) is 0.516. The van der Waals surface area contributed by atoms with E-state index in [0.29, 0.717) is 0 Å². The highest BCUT2D eigenvalue weighted by Gasteiger charge is 2.17. The summed E-state index contributed by atoms with van der Waals surface area (Å²) in [4.78, 5) is 0. The molecule has 0 aromatic carbocycles. The molecule has 0 amide bonds. The van der Waals surface area contributed by atoms with Crippen molar-refractivity contribution in [3.63, 3.8) is 0 Å². The van der Waals surface area contributed by atoms with Gasteiger partial charge >= 0.3 is 0 Å². The number of rotatable bonds is 0. The Morgan fingerprint density at radius 2 is 1.78 bits per heavy atom. The van der Waals surface area contributed by atoms with Crippen LogP contribution in [0.25, 0.3) is 0 Å². The monoisotopic (exact) mass is 147 g/mol. The number of halogens is 1. The van der Waals surface area contributed by atoms with Crippen LogP contribution in [0.2, 0.25) is 0 Å². The van der Waals surface area contributed by atoms with Gasteiger partial charge in [-0.3, -0.25) is 0 Å². The predicted molar refractivity (Wildman–Crippen MR) is 43.5 cm³/mol. The lowest BCUT2D eigenvalue weighted by Crippen LogP contribution is -2.33. The molecule has 1 atom stereocenters. The highest BCUT2D eigenvalue weighted by Crippen LogP contribution is 2.15. The largest absolute Gasteiger partial charge is 0.317 e. The summed E-state index contributed by atoms with van der Waals surface area (Å²) in [6.07, 6.45) is 5.08. The van der Waals surface area contributed by atoms with Crippen LogP contribution in [0.4, 0.5) is 0 Å². The van der Waals surface area contributed by atoms with E-state index in [-0.39, 0.29) is 23.9 Å². The molecule has 0 saturated carbocycles. The van der Waals surface area contributed by atoms with Crippen LogP contribution in [0.15, 0.2) is 0 Å². The first-order valence-corrected chi connectivity index (χ1v) is 2.70. The molecule has 0 aliphatic heterocycles. The number of nitrogens with two attached hydrogens (primary N) is 1. The SMILES string of the molecule is C#C[C@H](N)C(C)(C)C.Cl. The zero-order valence-electron chi connectivity index (χ0n) is 6.14. The van der Waals surface area contributed by atoms with Crippen molar-refractivity contribution in [3.05, 3.63) is 0 Å². The van der Waals surface area contributed by atoms with Crippen LogP contribution in [0.3, 0.4) is 0 Å². The van der Waals surface area contributed by atoms with Crippen LogP contribution in [-0.2, 0) is 0 Å². The molecule has 0 fully saturated rings. The maximum Gasteiger partial charge on any atom is 0.0711 e. The van der Waals surface area contributed by atoms with Crippen LogP contribution >= 0.6 is 12.4 Å². The fourth-order valence-electron chi connectivity index (χ4n) is 0.250. The third-order valence-corrected chi connectivity index (χ3v) is 1.11. The molecule has 1 nitrogen and oxygen atoms in total. The van der Waals surface area contributed by atoms with Gasteiger partial charge in [0, 0.05) is 0 Å². The molecular weight excluding hydrogens is 134 g/mol. The van der Waals surface area contributed by atoms with Crippen molar-refractivity contribution in [2.45, 2.75) is 26.8 Å². The highest BCUT2D eigenvalue weighted by molar-refractivity contribution is 5.85. The summed E-state index contributed by atoms with van der Waals surface area (Å²) in [6.45, 7) is 6.08. The molecule has 0 aliphatic carbocycles. The highest BCUT2D eigenvalue weighted by atomic mass is 35.5. The van der Waals surface area contributed by atoms with Crippen molar-refractivity contribution >= 4 is 12.4 Å². The molecule has 2 N–H and O–H groups in total. The van der Waals surface area contributed by atoms with Crippen molar-refractivity contribution in [2.24, 2.45) is 11.1 Å². The van der Waals surface area contributed by atoms with E-state index in [0.717, 1.165) is 0 Å². The second kappa shape index (κ2) is 3.76. The molecule has 0 aromatic rings. The Bertz CT molecular complexity index is 107. The Kier molecular flexibility index (Phi) is 4.85. The van der Waals surface area contributed by atoms with Gasteiger partial charge in [0.15, 0.2) is 0 Å². The topological polar surface area (TPSA) is 26.0 Å². The van der Waals surface area contributed by atoms with E-state index in [9.17, 15) is 0 Å². The van der Waals surface area contributed by atoms with E-state index in [1.165, 1.54) is 0 Å². The molecular formula is C7H14ClN. The molecule has 0 saturated heterocycles. The summed E-state index contributed by atoms with van der Waals surface area (Å²) < 4.78 is 0. The molecule has 2 heteroatoms. The zero-order valence-corrected chi connectivity index (χ0v) is 6.96. The van der Waals surface area contributed by atoms with Crippen LogP contribution in [0.1, 0.15) is 20.8 Å². The molecule has 0 aliphatic rings. The van der Waals surface area contributed by atoms with Gasteiger partial charge in [0.2, 0.25) is 0 Å². The molecule has 0 unspecified atom stereocenters. The Labute approximate surface area is 63.4 Å². The summed E-state index contributed by atoms with van der Waals surface area (Å²) in [5.74, 6) is 2.48. The van der Waals surface area contributed by atoms with Crippen LogP contribution in [-0.4, -0.2) is 6.04 Å². The Morgan fingerprint density at radius 1 is 1.44 bits per heavy atom. The van der Waals surface area contributed by atoms with Crippen LogP contribution in [0.5, 0.6) is 0 Å². The Hall–Kier alpha value is -0.190. The third-order valence-electron chi connectivity index (χ3n) is 1.11. The van der Waals surface area contributed by atoms with E-state index in [1.54, 1.807) is 0 Å². The van der Waals surface area contributed by atoms with E-state index in [2.05, 4.69) is 5.92 Å². The Morgan fingerprint density at radius 3 is 1.78 bits per heavy atom. The maximum atomic E-state index is 5.51. The Balaban J connectivity index is 0. The molecule has 0 heterocycles. The van der Waals surface area contributed by atoms with Gasteiger partial charge in [-0.05, 0) is 5.41 Å². The number of hydrogen-bond acceptors (Lipinski definition) is 1. The van der Waals surface area contributed by atoms with Gasteiger partial charge in [-0.25, -0.2) is 0 Å². The second-order valence-electron chi connectivity index (χ2n) is 3.01. The fraction of sp³-hybridized carbons (Fsp3) is 0.714. The minimum Gasteiger partial charge on any atom is -0.317 e. The minimum atomic E-state index is -0.123. The molecule has 0 radical (unpaired) electrons.